The van der Waals surface area contributed by atoms with E-state index in [9.17, 15) is 9.59 Å². The fraction of sp³-hybridized carbons (Fsp3) is 0.500. The van der Waals surface area contributed by atoms with Crippen LogP contribution < -0.4 is 4.74 Å². The Morgan fingerprint density at radius 2 is 1.67 bits per heavy atom. The molecule has 3 rings (SSSR count). The van der Waals surface area contributed by atoms with Crippen molar-refractivity contribution in [1.29, 1.82) is 0 Å². The Balaban J connectivity index is 1.96. The summed E-state index contributed by atoms with van der Waals surface area (Å²) >= 11 is 0. The predicted molar refractivity (Wildman–Crippen MR) is 102 cm³/mol. The van der Waals surface area contributed by atoms with Crippen LogP contribution in [0.4, 0.5) is 0 Å². The molecule has 0 radical (unpaired) electrons. The third kappa shape index (κ3) is 3.70. The molecule has 0 spiro atoms. The Kier molecular flexibility index (Phi) is 5.82. The molecule has 7 nitrogen and oxygen atoms in total. The molecule has 0 atom stereocenters. The third-order valence-electron chi connectivity index (χ3n) is 5.09. The maximum Gasteiger partial charge on any atom is 0.278 e. The number of benzene rings is 1. The number of hydrogen-bond donors (Lipinski definition) is 1. The van der Waals surface area contributed by atoms with Crippen LogP contribution in [-0.2, 0) is 9.59 Å². The Labute approximate surface area is 159 Å². The van der Waals surface area contributed by atoms with Crippen LogP contribution in [0.5, 0.6) is 5.75 Å². The molecule has 0 aliphatic carbocycles. The number of nitrogens with zero attached hydrogens (tertiary/aromatic N) is 3. The molecule has 2 heterocycles. The van der Waals surface area contributed by atoms with Crippen molar-refractivity contribution < 1.29 is 19.4 Å². The first kappa shape index (κ1) is 19.4. The standard InChI is InChI=1S/C20H27N3O4/c1-14(2)23-19(25)17(15-4-6-16(27-3)7-5-15)18(20(23)26)22-10-8-21(9-11-22)12-13-24/h4-7,14,24H,8-13H2,1-3H3. The first-order chi connectivity index (χ1) is 13.0. The van der Waals surface area contributed by atoms with Gasteiger partial charge in [0.1, 0.15) is 11.4 Å². The average Bonchev–Trinajstić information content (AvgIpc) is 2.93. The van der Waals surface area contributed by atoms with Crippen molar-refractivity contribution in [2.24, 2.45) is 0 Å². The monoisotopic (exact) mass is 373 g/mol. The summed E-state index contributed by atoms with van der Waals surface area (Å²) in [6.07, 6.45) is 0. The van der Waals surface area contributed by atoms with Gasteiger partial charge in [-0.25, -0.2) is 0 Å². The van der Waals surface area contributed by atoms with Crippen molar-refractivity contribution >= 4 is 17.4 Å². The van der Waals surface area contributed by atoms with Crippen molar-refractivity contribution in [2.45, 2.75) is 19.9 Å². The number of β-amino-alcohol motifs (C(OH)–C–C–N with tert-alkyl or cyclic N) is 1. The number of hydrogen-bond acceptors (Lipinski definition) is 6. The third-order valence-corrected chi connectivity index (χ3v) is 5.09. The van der Waals surface area contributed by atoms with Gasteiger partial charge in [0.05, 0.1) is 19.3 Å². The average molecular weight is 373 g/mol. The Hall–Kier alpha value is -2.38. The molecule has 0 bridgehead atoms. The van der Waals surface area contributed by atoms with Crippen molar-refractivity contribution in [3.05, 3.63) is 35.5 Å². The van der Waals surface area contributed by atoms with Gasteiger partial charge in [-0.05, 0) is 31.5 Å². The molecule has 2 amide bonds. The molecule has 146 valence electrons. The number of aliphatic hydroxyl groups is 1. The number of amides is 2. The summed E-state index contributed by atoms with van der Waals surface area (Å²) in [4.78, 5) is 31.7. The summed E-state index contributed by atoms with van der Waals surface area (Å²) in [6, 6.07) is 7.05. The summed E-state index contributed by atoms with van der Waals surface area (Å²) in [7, 11) is 1.59. The number of carbonyl (C=O) groups is 2. The lowest BCUT2D eigenvalue weighted by Gasteiger charge is -2.36. The highest BCUT2D eigenvalue weighted by molar-refractivity contribution is 6.35. The van der Waals surface area contributed by atoms with Crippen molar-refractivity contribution in [1.82, 2.24) is 14.7 Å². The van der Waals surface area contributed by atoms with Crippen molar-refractivity contribution in [3.63, 3.8) is 0 Å². The predicted octanol–water partition coefficient (Wildman–Crippen LogP) is 0.793. The molecule has 1 saturated heterocycles. The summed E-state index contributed by atoms with van der Waals surface area (Å²) in [5.74, 6) is 0.236. The van der Waals surface area contributed by atoms with E-state index in [4.69, 9.17) is 9.84 Å². The molecule has 1 N–H and O–H groups in total. The Morgan fingerprint density at radius 1 is 1.04 bits per heavy atom. The van der Waals surface area contributed by atoms with Crippen LogP contribution in [0.15, 0.2) is 30.0 Å². The summed E-state index contributed by atoms with van der Waals surface area (Å²) in [5.41, 5.74) is 1.68. The Morgan fingerprint density at radius 3 is 2.19 bits per heavy atom. The van der Waals surface area contributed by atoms with Gasteiger partial charge in [-0.15, -0.1) is 0 Å². The van der Waals surface area contributed by atoms with Crippen LogP contribution in [0.1, 0.15) is 19.4 Å². The maximum absolute atomic E-state index is 13.1. The van der Waals surface area contributed by atoms with Gasteiger partial charge >= 0.3 is 0 Å². The molecule has 2 aliphatic heterocycles. The van der Waals surface area contributed by atoms with E-state index in [1.165, 1.54) is 4.90 Å². The molecular formula is C20H27N3O4. The van der Waals surface area contributed by atoms with Gasteiger partial charge in [-0.2, -0.15) is 0 Å². The van der Waals surface area contributed by atoms with Crippen LogP contribution >= 0.6 is 0 Å². The second kappa shape index (κ2) is 8.10. The van der Waals surface area contributed by atoms with Crippen LogP contribution in [-0.4, -0.2) is 84.1 Å². The van der Waals surface area contributed by atoms with Gasteiger partial charge in [0, 0.05) is 38.8 Å². The maximum atomic E-state index is 13.1. The molecule has 0 saturated carbocycles. The van der Waals surface area contributed by atoms with Crippen LogP contribution in [0.3, 0.4) is 0 Å². The highest BCUT2D eigenvalue weighted by Crippen LogP contribution is 2.33. The van der Waals surface area contributed by atoms with E-state index in [0.29, 0.717) is 36.7 Å². The van der Waals surface area contributed by atoms with E-state index in [1.54, 1.807) is 19.2 Å². The van der Waals surface area contributed by atoms with Crippen molar-refractivity contribution in [3.8, 4) is 5.75 Å². The number of imide groups is 1. The number of rotatable bonds is 6. The molecule has 27 heavy (non-hydrogen) atoms. The topological polar surface area (TPSA) is 73.3 Å². The van der Waals surface area contributed by atoms with Gasteiger partial charge in [0.25, 0.3) is 11.8 Å². The lowest BCUT2D eigenvalue weighted by atomic mass is 10.0. The zero-order chi connectivity index (χ0) is 19.6. The van der Waals surface area contributed by atoms with E-state index in [0.717, 1.165) is 18.7 Å². The minimum atomic E-state index is -0.243. The van der Waals surface area contributed by atoms with Gasteiger partial charge in [-0.1, -0.05) is 12.1 Å². The van der Waals surface area contributed by atoms with Gasteiger partial charge in [-0.3, -0.25) is 19.4 Å². The fourth-order valence-electron chi connectivity index (χ4n) is 3.65. The van der Waals surface area contributed by atoms with Crippen molar-refractivity contribution in [2.75, 3.05) is 46.4 Å². The lowest BCUT2D eigenvalue weighted by Crippen LogP contribution is -2.48. The molecule has 0 aromatic heterocycles. The molecular weight excluding hydrogens is 346 g/mol. The highest BCUT2D eigenvalue weighted by atomic mass is 16.5. The van der Waals surface area contributed by atoms with Crippen LogP contribution in [0.2, 0.25) is 0 Å². The second-order valence-electron chi connectivity index (χ2n) is 7.08. The minimum absolute atomic E-state index is 0.123. The number of aliphatic hydroxyl groups excluding tert-OH is 1. The van der Waals surface area contributed by atoms with Crippen LogP contribution in [0.25, 0.3) is 5.57 Å². The first-order valence-electron chi connectivity index (χ1n) is 9.32. The molecule has 7 heteroatoms. The number of carbonyl (C=O) groups excluding carboxylic acids is 2. The van der Waals surface area contributed by atoms with Gasteiger partial charge in [0.15, 0.2) is 0 Å². The molecule has 2 aliphatic rings. The number of ether oxygens (including phenoxy) is 1. The first-order valence-corrected chi connectivity index (χ1v) is 9.32. The van der Waals surface area contributed by atoms with Crippen LogP contribution in [0, 0.1) is 0 Å². The van der Waals surface area contributed by atoms with E-state index < -0.39 is 0 Å². The zero-order valence-electron chi connectivity index (χ0n) is 16.1. The number of methoxy groups -OCH3 is 1. The second-order valence-corrected chi connectivity index (χ2v) is 7.08. The minimum Gasteiger partial charge on any atom is -0.497 e. The number of piperazine rings is 1. The normalized spacial score (nSPS) is 18.9. The summed E-state index contributed by atoms with van der Waals surface area (Å²) in [5, 5.41) is 9.12. The summed E-state index contributed by atoms with van der Waals surface area (Å²) < 4.78 is 5.20. The lowest BCUT2D eigenvalue weighted by molar-refractivity contribution is -0.139. The highest BCUT2D eigenvalue weighted by Gasteiger charge is 2.43. The largest absolute Gasteiger partial charge is 0.497 e. The van der Waals surface area contributed by atoms with E-state index in [1.807, 2.05) is 30.9 Å². The zero-order valence-corrected chi connectivity index (χ0v) is 16.1. The fourth-order valence-corrected chi connectivity index (χ4v) is 3.65. The smallest absolute Gasteiger partial charge is 0.278 e. The van der Waals surface area contributed by atoms with E-state index in [-0.39, 0.29) is 24.5 Å². The molecule has 1 aromatic rings. The summed E-state index contributed by atoms with van der Waals surface area (Å²) in [6.45, 7) is 7.26. The molecule has 1 fully saturated rings. The van der Waals surface area contributed by atoms with E-state index in [2.05, 4.69) is 4.90 Å². The molecule has 0 unspecified atom stereocenters. The molecule has 1 aromatic carbocycles. The van der Waals surface area contributed by atoms with E-state index >= 15 is 0 Å². The SMILES string of the molecule is COc1ccc(C2=C(N3CCN(CCO)CC3)C(=O)N(C(C)C)C2=O)cc1. The Bertz CT molecular complexity index is 734. The van der Waals surface area contributed by atoms with Gasteiger partial charge < -0.3 is 14.7 Å². The van der Waals surface area contributed by atoms with Gasteiger partial charge in [0.2, 0.25) is 0 Å². The quantitative estimate of drug-likeness (QED) is 0.744.